The molecule has 0 saturated heterocycles. The number of fused-ring (bicyclic) bond motifs is 3. The van der Waals surface area contributed by atoms with Crippen LogP contribution in [0.3, 0.4) is 0 Å². The van der Waals surface area contributed by atoms with Crippen LogP contribution in [-0.2, 0) is 9.84 Å². The van der Waals surface area contributed by atoms with E-state index in [4.69, 9.17) is 0 Å². The molecule has 2 aromatic carbocycles. The second-order valence-corrected chi connectivity index (χ2v) is 7.88. The average molecular weight is 372 g/mol. The van der Waals surface area contributed by atoms with Gasteiger partial charge in [-0.1, -0.05) is 22.9 Å². The topological polar surface area (TPSA) is 97.2 Å². The number of aryl methyl sites for hydroxylation is 2. The molecule has 4 rings (SSSR count). The molecule has 26 heavy (non-hydrogen) atoms. The van der Waals surface area contributed by atoms with E-state index in [9.17, 15) is 17.6 Å². The average Bonchev–Trinajstić information content (AvgIpc) is 2.99. The van der Waals surface area contributed by atoms with Crippen LogP contribution < -0.4 is 5.56 Å². The van der Waals surface area contributed by atoms with E-state index in [1.54, 1.807) is 19.1 Å². The molecule has 0 spiro atoms. The first kappa shape index (κ1) is 16.4. The van der Waals surface area contributed by atoms with E-state index in [1.165, 1.54) is 12.1 Å². The van der Waals surface area contributed by atoms with Crippen molar-refractivity contribution in [3.05, 3.63) is 63.7 Å². The van der Waals surface area contributed by atoms with Gasteiger partial charge in [-0.2, -0.15) is 4.52 Å². The highest BCUT2D eigenvalue weighted by atomic mass is 32.2. The van der Waals surface area contributed by atoms with E-state index in [1.807, 2.05) is 6.92 Å². The summed E-state index contributed by atoms with van der Waals surface area (Å²) in [6.07, 6.45) is 0. The summed E-state index contributed by atoms with van der Waals surface area (Å²) in [7, 11) is -4.02. The van der Waals surface area contributed by atoms with Gasteiger partial charge in [-0.05, 0) is 37.6 Å². The first-order valence-corrected chi connectivity index (χ1v) is 9.16. The lowest BCUT2D eigenvalue weighted by molar-refractivity contribution is 0.592. The molecular formula is C17H13FN4O3S. The smallest absolute Gasteiger partial charge is 0.259 e. The summed E-state index contributed by atoms with van der Waals surface area (Å²) in [5.41, 5.74) is 0.961. The fraction of sp³-hybridized carbons (Fsp3) is 0.118. The van der Waals surface area contributed by atoms with Gasteiger partial charge in [-0.15, -0.1) is 5.10 Å². The molecule has 0 aliphatic rings. The van der Waals surface area contributed by atoms with Gasteiger partial charge >= 0.3 is 0 Å². The molecule has 0 fully saturated rings. The van der Waals surface area contributed by atoms with Crippen molar-refractivity contribution in [1.82, 2.24) is 19.8 Å². The van der Waals surface area contributed by atoms with Crippen LogP contribution in [0.25, 0.3) is 16.6 Å². The van der Waals surface area contributed by atoms with Crippen molar-refractivity contribution in [1.29, 1.82) is 0 Å². The maximum Gasteiger partial charge on any atom is 0.259 e. The lowest BCUT2D eigenvalue weighted by Crippen LogP contribution is -2.12. The highest BCUT2D eigenvalue weighted by molar-refractivity contribution is 7.91. The molecule has 2 heterocycles. The fourth-order valence-electron chi connectivity index (χ4n) is 2.98. The van der Waals surface area contributed by atoms with Crippen molar-refractivity contribution in [2.45, 2.75) is 23.8 Å². The second kappa shape index (κ2) is 5.46. The van der Waals surface area contributed by atoms with Crippen molar-refractivity contribution in [2.24, 2.45) is 0 Å². The van der Waals surface area contributed by atoms with E-state index in [2.05, 4.69) is 15.3 Å². The van der Waals surface area contributed by atoms with E-state index >= 15 is 0 Å². The number of benzene rings is 2. The van der Waals surface area contributed by atoms with E-state index in [0.29, 0.717) is 5.56 Å². The van der Waals surface area contributed by atoms with Crippen molar-refractivity contribution >= 4 is 26.4 Å². The first-order valence-electron chi connectivity index (χ1n) is 7.68. The van der Waals surface area contributed by atoms with Crippen molar-refractivity contribution in [3.63, 3.8) is 0 Å². The van der Waals surface area contributed by atoms with Crippen LogP contribution in [0, 0.1) is 19.7 Å². The highest BCUT2D eigenvalue weighted by Crippen LogP contribution is 2.26. The lowest BCUT2D eigenvalue weighted by atomic mass is 10.2. The lowest BCUT2D eigenvalue weighted by Gasteiger charge is -2.07. The Morgan fingerprint density at radius 3 is 2.62 bits per heavy atom. The maximum absolute atomic E-state index is 13.6. The summed E-state index contributed by atoms with van der Waals surface area (Å²) in [5, 5.41) is 7.38. The monoisotopic (exact) mass is 372 g/mol. The summed E-state index contributed by atoms with van der Waals surface area (Å²) in [6, 6.07) is 8.48. The minimum Gasteiger partial charge on any atom is -0.304 e. The van der Waals surface area contributed by atoms with Gasteiger partial charge in [0.15, 0.2) is 5.65 Å². The van der Waals surface area contributed by atoms with Gasteiger partial charge in [0.05, 0.1) is 15.8 Å². The molecule has 0 atom stereocenters. The van der Waals surface area contributed by atoms with Gasteiger partial charge in [0.25, 0.3) is 5.56 Å². The Kier molecular flexibility index (Phi) is 3.45. The molecular weight excluding hydrogens is 359 g/mol. The van der Waals surface area contributed by atoms with Crippen LogP contribution in [0.15, 0.2) is 51.1 Å². The first-order chi connectivity index (χ1) is 12.3. The van der Waals surface area contributed by atoms with E-state index < -0.39 is 21.2 Å². The van der Waals surface area contributed by atoms with Crippen LogP contribution in [0.4, 0.5) is 4.39 Å². The molecule has 0 aliphatic heterocycles. The minimum atomic E-state index is -4.02. The van der Waals surface area contributed by atoms with Gasteiger partial charge in [-0.25, -0.2) is 12.8 Å². The highest BCUT2D eigenvalue weighted by Gasteiger charge is 2.27. The quantitative estimate of drug-likeness (QED) is 0.582. The SMILES string of the molecule is Cc1ccc(S(=O)(=O)c2nnn3c2[nH]c(=O)c2ccc(F)cc23)c(C)c1. The number of aromatic amines is 1. The Morgan fingerprint density at radius 1 is 1.12 bits per heavy atom. The molecule has 4 aromatic rings. The summed E-state index contributed by atoms with van der Waals surface area (Å²) in [6.45, 7) is 3.54. The number of rotatable bonds is 2. The molecule has 0 saturated carbocycles. The molecule has 0 unspecified atom stereocenters. The van der Waals surface area contributed by atoms with Gasteiger partial charge in [-0.3, -0.25) is 4.79 Å². The number of nitrogens with one attached hydrogen (secondary N) is 1. The van der Waals surface area contributed by atoms with Crippen molar-refractivity contribution in [2.75, 3.05) is 0 Å². The van der Waals surface area contributed by atoms with Crippen molar-refractivity contribution < 1.29 is 12.8 Å². The number of H-pyrrole nitrogens is 1. The van der Waals surface area contributed by atoms with Crippen LogP contribution >= 0.6 is 0 Å². The Morgan fingerprint density at radius 2 is 1.88 bits per heavy atom. The molecule has 0 aliphatic carbocycles. The van der Waals surface area contributed by atoms with Crippen LogP contribution in [0.2, 0.25) is 0 Å². The van der Waals surface area contributed by atoms with Crippen LogP contribution in [0.1, 0.15) is 11.1 Å². The number of hydrogen-bond acceptors (Lipinski definition) is 5. The summed E-state index contributed by atoms with van der Waals surface area (Å²) in [5.74, 6) is -0.571. The Bertz CT molecular complexity index is 1360. The van der Waals surface area contributed by atoms with Gasteiger partial charge in [0.1, 0.15) is 5.82 Å². The largest absolute Gasteiger partial charge is 0.304 e. The van der Waals surface area contributed by atoms with Gasteiger partial charge in [0, 0.05) is 6.07 Å². The number of hydrogen-bond donors (Lipinski definition) is 1. The Hall–Kier alpha value is -3.07. The Labute approximate surface area is 147 Å². The zero-order valence-electron chi connectivity index (χ0n) is 13.8. The van der Waals surface area contributed by atoms with Gasteiger partial charge < -0.3 is 4.98 Å². The molecule has 7 nitrogen and oxygen atoms in total. The van der Waals surface area contributed by atoms with E-state index in [0.717, 1.165) is 22.2 Å². The summed E-state index contributed by atoms with van der Waals surface area (Å²) < 4.78 is 40.8. The summed E-state index contributed by atoms with van der Waals surface area (Å²) in [4.78, 5) is 14.9. The van der Waals surface area contributed by atoms with Crippen molar-refractivity contribution in [3.8, 4) is 0 Å². The third-order valence-corrected chi connectivity index (χ3v) is 6.00. The second-order valence-electron chi connectivity index (χ2n) is 6.04. The predicted molar refractivity (Wildman–Crippen MR) is 92.4 cm³/mol. The Balaban J connectivity index is 2.07. The zero-order chi connectivity index (χ0) is 18.6. The molecule has 9 heteroatoms. The van der Waals surface area contributed by atoms with Gasteiger partial charge in [0.2, 0.25) is 14.9 Å². The molecule has 2 aromatic heterocycles. The third-order valence-electron chi connectivity index (χ3n) is 4.18. The molecule has 0 bridgehead atoms. The number of halogens is 1. The zero-order valence-corrected chi connectivity index (χ0v) is 14.6. The normalized spacial score (nSPS) is 12.1. The van der Waals surface area contributed by atoms with Crippen LogP contribution in [-0.4, -0.2) is 28.2 Å². The molecule has 1 N–H and O–H groups in total. The maximum atomic E-state index is 13.6. The molecule has 0 amide bonds. The number of aromatic nitrogens is 4. The minimum absolute atomic E-state index is 0.0747. The third kappa shape index (κ3) is 2.31. The number of sulfone groups is 1. The molecule has 0 radical (unpaired) electrons. The number of nitrogens with zero attached hydrogens (tertiary/aromatic N) is 3. The standard InChI is InChI=1S/C17H13FN4O3S/c1-9-3-6-14(10(2)7-9)26(24,25)17-15-19-16(23)12-5-4-11(18)8-13(12)22(15)21-20-17/h3-8H,1-2H3,(H,19,23). The van der Waals surface area contributed by atoms with Crippen LogP contribution in [0.5, 0.6) is 0 Å². The fourth-order valence-corrected chi connectivity index (χ4v) is 4.45. The predicted octanol–water partition coefficient (Wildman–Crippen LogP) is 2.16. The summed E-state index contributed by atoms with van der Waals surface area (Å²) >= 11 is 0. The molecule has 132 valence electrons. The van der Waals surface area contributed by atoms with E-state index in [-0.39, 0.29) is 26.5 Å².